The summed E-state index contributed by atoms with van der Waals surface area (Å²) in [5, 5.41) is 2.13. The zero-order valence-electron chi connectivity index (χ0n) is 10.9. The Morgan fingerprint density at radius 1 is 1.35 bits per heavy atom. The molecule has 2 rings (SSSR count). The first-order valence-corrected chi connectivity index (χ1v) is 5.84. The highest BCUT2D eigenvalue weighted by atomic mass is 15.6. The molecule has 4 heteroatoms. The van der Waals surface area contributed by atoms with Crippen molar-refractivity contribution in [3.63, 3.8) is 0 Å². The Kier molecular flexibility index (Phi) is 2.83. The molecule has 3 N–H and O–H groups in total. The van der Waals surface area contributed by atoms with Gasteiger partial charge in [-0.05, 0) is 44.9 Å². The van der Waals surface area contributed by atoms with Gasteiger partial charge in [0, 0.05) is 12.2 Å². The van der Waals surface area contributed by atoms with Crippen LogP contribution in [0.25, 0.3) is 0 Å². The minimum atomic E-state index is -0.195. The molecule has 0 radical (unpaired) electrons. The molecule has 1 aromatic rings. The molecule has 0 amide bonds. The van der Waals surface area contributed by atoms with Crippen LogP contribution >= 0.6 is 0 Å². The number of hydrogen-bond acceptors (Lipinski definition) is 4. The molecule has 1 aliphatic heterocycles. The predicted molar refractivity (Wildman–Crippen MR) is 71.5 cm³/mol. The zero-order chi connectivity index (χ0) is 12.6. The first kappa shape index (κ1) is 11.9. The molecule has 17 heavy (non-hydrogen) atoms. The van der Waals surface area contributed by atoms with Crippen LogP contribution in [0.2, 0.25) is 0 Å². The average molecular weight is 232 g/mol. The number of anilines is 1. The van der Waals surface area contributed by atoms with Crippen LogP contribution in [-0.2, 0) is 6.54 Å². The van der Waals surface area contributed by atoms with Gasteiger partial charge in [-0.25, -0.2) is 4.99 Å². The minimum Gasteiger partial charge on any atom is -0.399 e. The molecule has 4 nitrogen and oxygen atoms in total. The number of aliphatic imine (C=N–C) groups is 1. The van der Waals surface area contributed by atoms with Crippen LogP contribution in [0.1, 0.15) is 31.9 Å². The first-order chi connectivity index (χ1) is 7.88. The van der Waals surface area contributed by atoms with E-state index >= 15 is 0 Å². The van der Waals surface area contributed by atoms with Gasteiger partial charge in [0.25, 0.3) is 0 Å². The van der Waals surface area contributed by atoms with E-state index in [4.69, 9.17) is 5.73 Å². The summed E-state index contributed by atoms with van der Waals surface area (Å²) < 4.78 is 0. The van der Waals surface area contributed by atoms with Gasteiger partial charge >= 0.3 is 0 Å². The second-order valence-electron chi connectivity index (χ2n) is 5.08. The van der Waals surface area contributed by atoms with Crippen LogP contribution in [0.15, 0.2) is 23.2 Å². The standard InChI is InChI=1S/C13H20N4/c1-9-7-11(5-6-12(9)14)8-17-13(3,4)15-10(2)16-17/h5-7H,8,14H2,1-4H3,(H,15,16). The molecule has 0 spiro atoms. The predicted octanol–water partition coefficient (Wildman–Crippen LogP) is 2.05. The van der Waals surface area contributed by atoms with Crippen molar-refractivity contribution in [3.8, 4) is 0 Å². The van der Waals surface area contributed by atoms with E-state index in [9.17, 15) is 0 Å². The van der Waals surface area contributed by atoms with Gasteiger partial charge in [-0.2, -0.15) is 5.01 Å². The van der Waals surface area contributed by atoms with Crippen molar-refractivity contribution in [2.45, 2.75) is 39.9 Å². The van der Waals surface area contributed by atoms with Gasteiger partial charge < -0.3 is 11.2 Å². The summed E-state index contributed by atoms with van der Waals surface area (Å²) in [7, 11) is 0. The van der Waals surface area contributed by atoms with E-state index in [1.165, 1.54) is 5.56 Å². The lowest BCUT2D eigenvalue weighted by Crippen LogP contribution is -2.45. The van der Waals surface area contributed by atoms with E-state index in [1.807, 2.05) is 19.9 Å². The highest BCUT2D eigenvalue weighted by molar-refractivity contribution is 5.80. The second kappa shape index (κ2) is 4.04. The Labute approximate surface area is 102 Å². The van der Waals surface area contributed by atoms with Gasteiger partial charge in [0.1, 0.15) is 11.5 Å². The van der Waals surface area contributed by atoms with E-state index < -0.39 is 0 Å². The molecule has 0 aromatic heterocycles. The number of aryl methyl sites for hydroxylation is 1. The summed E-state index contributed by atoms with van der Waals surface area (Å²) in [5.74, 6) is 0.960. The smallest absolute Gasteiger partial charge is 0.126 e. The Morgan fingerprint density at radius 2 is 2.06 bits per heavy atom. The largest absolute Gasteiger partial charge is 0.399 e. The summed E-state index contributed by atoms with van der Waals surface area (Å²) in [6, 6.07) is 6.15. The molecule has 1 heterocycles. The van der Waals surface area contributed by atoms with Crippen molar-refractivity contribution in [2.24, 2.45) is 4.99 Å². The molecule has 0 aliphatic carbocycles. The maximum absolute atomic E-state index is 5.82. The van der Waals surface area contributed by atoms with Crippen LogP contribution in [0.5, 0.6) is 0 Å². The molecule has 0 atom stereocenters. The quantitative estimate of drug-likeness (QED) is 0.767. The summed E-state index contributed by atoms with van der Waals surface area (Å²) in [6.45, 7) is 9.02. The maximum atomic E-state index is 5.82. The Bertz CT molecular complexity index is 462. The molecule has 0 fully saturated rings. The zero-order valence-corrected chi connectivity index (χ0v) is 10.9. The van der Waals surface area contributed by atoms with E-state index in [0.29, 0.717) is 0 Å². The number of hydrogen-bond donors (Lipinski definition) is 2. The number of nitrogens with one attached hydrogen (secondary N) is 1. The average Bonchev–Trinajstić information content (AvgIpc) is 2.46. The maximum Gasteiger partial charge on any atom is 0.126 e. The SMILES string of the molecule is CC1=NC(C)(C)N(Cc2ccc(N)c(C)c2)N1. The van der Waals surface area contributed by atoms with E-state index in [1.54, 1.807) is 0 Å². The lowest BCUT2D eigenvalue weighted by atomic mass is 10.1. The number of amidine groups is 1. The Hall–Kier alpha value is -1.55. The van der Waals surface area contributed by atoms with Gasteiger partial charge in [-0.1, -0.05) is 12.1 Å². The number of nitrogens with two attached hydrogens (primary N) is 1. The Balaban J connectivity index is 2.15. The number of benzene rings is 1. The van der Waals surface area contributed by atoms with E-state index in [-0.39, 0.29) is 5.66 Å². The monoisotopic (exact) mass is 232 g/mol. The lowest BCUT2D eigenvalue weighted by Gasteiger charge is -2.29. The number of nitrogen functional groups attached to an aromatic ring is 1. The van der Waals surface area contributed by atoms with Crippen LogP contribution in [0.4, 0.5) is 5.69 Å². The van der Waals surface area contributed by atoms with Crippen molar-refractivity contribution in [2.75, 3.05) is 5.73 Å². The van der Waals surface area contributed by atoms with E-state index in [0.717, 1.165) is 23.6 Å². The second-order valence-corrected chi connectivity index (χ2v) is 5.08. The third-order valence-corrected chi connectivity index (χ3v) is 3.07. The fourth-order valence-corrected chi connectivity index (χ4v) is 2.08. The number of rotatable bonds is 2. The van der Waals surface area contributed by atoms with E-state index in [2.05, 4.69) is 41.4 Å². The van der Waals surface area contributed by atoms with Crippen LogP contribution < -0.4 is 11.2 Å². The molecular formula is C13H20N4. The summed E-state index contributed by atoms with van der Waals surface area (Å²) in [5.41, 5.74) is 12.1. The minimum absolute atomic E-state index is 0.195. The van der Waals surface area contributed by atoms with Crippen molar-refractivity contribution in [1.29, 1.82) is 0 Å². The topological polar surface area (TPSA) is 53.6 Å². The van der Waals surface area contributed by atoms with Crippen LogP contribution in [0, 0.1) is 6.92 Å². The third-order valence-electron chi connectivity index (χ3n) is 3.07. The van der Waals surface area contributed by atoms with Crippen molar-refractivity contribution < 1.29 is 0 Å². The van der Waals surface area contributed by atoms with Gasteiger partial charge in [0.05, 0.1) is 0 Å². The van der Waals surface area contributed by atoms with Crippen molar-refractivity contribution >= 4 is 11.5 Å². The van der Waals surface area contributed by atoms with Crippen molar-refractivity contribution in [3.05, 3.63) is 29.3 Å². The molecule has 0 bridgehead atoms. The molecule has 0 unspecified atom stereocenters. The summed E-state index contributed by atoms with van der Waals surface area (Å²) >= 11 is 0. The molecule has 0 saturated heterocycles. The summed E-state index contributed by atoms with van der Waals surface area (Å²) in [6.07, 6.45) is 0. The highest BCUT2D eigenvalue weighted by Gasteiger charge is 2.31. The molecule has 1 aliphatic rings. The summed E-state index contributed by atoms with van der Waals surface area (Å²) in [4.78, 5) is 4.55. The molecule has 92 valence electrons. The fourth-order valence-electron chi connectivity index (χ4n) is 2.08. The van der Waals surface area contributed by atoms with Crippen LogP contribution in [-0.4, -0.2) is 16.5 Å². The first-order valence-electron chi connectivity index (χ1n) is 5.84. The fraction of sp³-hybridized carbons (Fsp3) is 0.462. The van der Waals surface area contributed by atoms with Gasteiger partial charge in [-0.15, -0.1) is 0 Å². The third kappa shape index (κ3) is 2.42. The highest BCUT2D eigenvalue weighted by Crippen LogP contribution is 2.22. The van der Waals surface area contributed by atoms with Crippen LogP contribution in [0.3, 0.4) is 0 Å². The number of hydrazine groups is 1. The molecular weight excluding hydrogens is 212 g/mol. The number of nitrogens with zero attached hydrogens (tertiary/aromatic N) is 2. The molecule has 1 aromatic carbocycles. The normalized spacial score (nSPS) is 18.9. The van der Waals surface area contributed by atoms with Crippen molar-refractivity contribution in [1.82, 2.24) is 10.4 Å². The lowest BCUT2D eigenvalue weighted by molar-refractivity contribution is 0.110. The molecule has 0 saturated carbocycles. The van der Waals surface area contributed by atoms with Gasteiger partial charge in [0.2, 0.25) is 0 Å². The van der Waals surface area contributed by atoms with Gasteiger partial charge in [0.15, 0.2) is 0 Å². The Morgan fingerprint density at radius 3 is 2.59 bits per heavy atom. The van der Waals surface area contributed by atoms with Gasteiger partial charge in [-0.3, -0.25) is 0 Å².